The van der Waals surface area contributed by atoms with Crippen molar-refractivity contribution < 1.29 is 0 Å². The molecule has 4 aromatic rings. The van der Waals surface area contributed by atoms with Crippen molar-refractivity contribution in [2.24, 2.45) is 0 Å². The molecule has 0 aliphatic rings. The molecule has 2 aromatic heterocycles. The fraction of sp³-hybridized carbons (Fsp3) is 0. The largest absolute Gasteiger partial charge is 0.248 e. The highest BCUT2D eigenvalue weighted by molar-refractivity contribution is 6.35. The molecule has 3 nitrogen and oxygen atoms in total. The molecular formula is C21H14ClN3. The Morgan fingerprint density at radius 3 is 2.36 bits per heavy atom. The maximum absolute atomic E-state index is 6.35. The highest BCUT2D eigenvalue weighted by Gasteiger charge is 2.02. The molecule has 0 amide bonds. The summed E-state index contributed by atoms with van der Waals surface area (Å²) >= 11 is 6.35. The van der Waals surface area contributed by atoms with Gasteiger partial charge in [0.25, 0.3) is 0 Å². The number of para-hydroxylation sites is 1. The van der Waals surface area contributed by atoms with Gasteiger partial charge in [-0.15, -0.1) is 0 Å². The molecule has 0 radical (unpaired) electrons. The third-order valence-electron chi connectivity index (χ3n) is 3.94. The molecule has 4 rings (SSSR count). The van der Waals surface area contributed by atoms with Crippen LogP contribution in [0.4, 0.5) is 0 Å². The summed E-state index contributed by atoms with van der Waals surface area (Å²) in [4.78, 5) is 12.7. The third-order valence-corrected chi connectivity index (χ3v) is 4.25. The molecule has 120 valence electrons. The van der Waals surface area contributed by atoms with Gasteiger partial charge in [-0.1, -0.05) is 60.1 Å². The van der Waals surface area contributed by atoms with Crippen molar-refractivity contribution in [2.75, 3.05) is 0 Å². The summed E-state index contributed by atoms with van der Waals surface area (Å²) in [5.41, 5.74) is 4.91. The second-order valence-electron chi connectivity index (χ2n) is 5.63. The number of hydrogen-bond donors (Lipinski definition) is 0. The first kappa shape index (κ1) is 15.5. The lowest BCUT2D eigenvalue weighted by molar-refractivity contribution is 1.17. The zero-order chi connectivity index (χ0) is 17.1. The Morgan fingerprint density at radius 1 is 0.800 bits per heavy atom. The van der Waals surface area contributed by atoms with Crippen LogP contribution in [0.25, 0.3) is 34.2 Å². The molecule has 25 heavy (non-hydrogen) atoms. The van der Waals surface area contributed by atoms with Crippen molar-refractivity contribution in [3.05, 3.63) is 89.6 Å². The van der Waals surface area contributed by atoms with E-state index in [2.05, 4.69) is 39.2 Å². The maximum atomic E-state index is 6.35. The topological polar surface area (TPSA) is 38.7 Å². The lowest BCUT2D eigenvalue weighted by atomic mass is 10.1. The number of nitrogens with zero attached hydrogens (tertiary/aromatic N) is 3. The number of fused-ring (bicyclic) bond motifs is 1. The SMILES string of the molecule is Clc1cc(/C=C/c2ccc(-c3cncnc3)cc2)nc2ccccc12. The van der Waals surface area contributed by atoms with Gasteiger partial charge >= 0.3 is 0 Å². The van der Waals surface area contributed by atoms with Crippen molar-refractivity contribution in [1.82, 2.24) is 15.0 Å². The summed E-state index contributed by atoms with van der Waals surface area (Å²) in [6, 6.07) is 18.0. The molecule has 2 aromatic carbocycles. The fourth-order valence-electron chi connectivity index (χ4n) is 2.65. The van der Waals surface area contributed by atoms with Crippen LogP contribution in [-0.4, -0.2) is 15.0 Å². The van der Waals surface area contributed by atoms with Crippen molar-refractivity contribution in [3.63, 3.8) is 0 Å². The molecule has 0 atom stereocenters. The first-order chi connectivity index (χ1) is 12.3. The van der Waals surface area contributed by atoms with E-state index in [4.69, 9.17) is 11.6 Å². The Labute approximate surface area is 150 Å². The van der Waals surface area contributed by atoms with Gasteiger partial charge in [0.2, 0.25) is 0 Å². The highest BCUT2D eigenvalue weighted by Crippen LogP contribution is 2.24. The Kier molecular flexibility index (Phi) is 4.23. The Morgan fingerprint density at radius 2 is 1.56 bits per heavy atom. The number of aromatic nitrogens is 3. The van der Waals surface area contributed by atoms with E-state index in [1.165, 1.54) is 6.33 Å². The summed E-state index contributed by atoms with van der Waals surface area (Å²) in [6.45, 7) is 0. The van der Waals surface area contributed by atoms with Crippen molar-refractivity contribution in [1.29, 1.82) is 0 Å². The molecule has 0 saturated carbocycles. The van der Waals surface area contributed by atoms with Gasteiger partial charge in [0.15, 0.2) is 0 Å². The van der Waals surface area contributed by atoms with Gasteiger partial charge in [-0.2, -0.15) is 0 Å². The molecule has 0 spiro atoms. The smallest absolute Gasteiger partial charge is 0.115 e. The van der Waals surface area contributed by atoms with Gasteiger partial charge in [0.05, 0.1) is 16.2 Å². The van der Waals surface area contributed by atoms with Crippen LogP contribution in [0.2, 0.25) is 5.02 Å². The molecule has 0 aliphatic heterocycles. The van der Waals surface area contributed by atoms with Crippen molar-refractivity contribution in [2.45, 2.75) is 0 Å². The quantitative estimate of drug-likeness (QED) is 0.492. The predicted molar refractivity (Wildman–Crippen MR) is 103 cm³/mol. The van der Waals surface area contributed by atoms with Crippen LogP contribution in [0, 0.1) is 0 Å². The molecule has 0 N–H and O–H groups in total. The van der Waals surface area contributed by atoms with Crippen LogP contribution in [0.3, 0.4) is 0 Å². The molecule has 0 bridgehead atoms. The minimum absolute atomic E-state index is 0.713. The van der Waals surface area contributed by atoms with Gasteiger partial charge in [-0.3, -0.25) is 0 Å². The monoisotopic (exact) mass is 343 g/mol. The average molecular weight is 344 g/mol. The molecule has 0 aliphatic carbocycles. The van der Waals surface area contributed by atoms with E-state index in [1.54, 1.807) is 12.4 Å². The van der Waals surface area contributed by atoms with E-state index in [-0.39, 0.29) is 0 Å². The van der Waals surface area contributed by atoms with E-state index in [0.29, 0.717) is 5.02 Å². The lowest BCUT2D eigenvalue weighted by Crippen LogP contribution is -1.85. The second-order valence-corrected chi connectivity index (χ2v) is 6.04. The molecule has 0 saturated heterocycles. The molecule has 2 heterocycles. The third kappa shape index (κ3) is 3.42. The minimum atomic E-state index is 0.713. The van der Waals surface area contributed by atoms with Crippen LogP contribution < -0.4 is 0 Å². The van der Waals surface area contributed by atoms with Gasteiger partial charge in [-0.05, 0) is 29.3 Å². The summed E-state index contributed by atoms with van der Waals surface area (Å²) in [7, 11) is 0. The maximum Gasteiger partial charge on any atom is 0.115 e. The normalized spacial score (nSPS) is 11.2. The molecular weight excluding hydrogens is 330 g/mol. The van der Waals surface area contributed by atoms with E-state index >= 15 is 0 Å². The molecule has 4 heteroatoms. The number of benzene rings is 2. The second kappa shape index (κ2) is 6.83. The van der Waals surface area contributed by atoms with Crippen LogP contribution in [0.5, 0.6) is 0 Å². The first-order valence-corrected chi connectivity index (χ1v) is 8.26. The van der Waals surface area contributed by atoms with E-state index in [9.17, 15) is 0 Å². The number of hydrogen-bond acceptors (Lipinski definition) is 3. The Balaban J connectivity index is 1.60. The predicted octanol–water partition coefficient (Wildman–Crippen LogP) is 5.52. The van der Waals surface area contributed by atoms with Crippen LogP contribution in [0.1, 0.15) is 11.3 Å². The van der Waals surface area contributed by atoms with Crippen LogP contribution in [0.15, 0.2) is 73.3 Å². The number of pyridine rings is 1. The Hall–Kier alpha value is -3.04. The van der Waals surface area contributed by atoms with Gasteiger partial charge in [0, 0.05) is 23.3 Å². The molecule has 0 fully saturated rings. The van der Waals surface area contributed by atoms with E-state index in [0.717, 1.165) is 33.3 Å². The summed E-state index contributed by atoms with van der Waals surface area (Å²) in [5.74, 6) is 0. The summed E-state index contributed by atoms with van der Waals surface area (Å²) in [6.07, 6.45) is 9.14. The van der Waals surface area contributed by atoms with Crippen molar-refractivity contribution >= 4 is 34.7 Å². The fourth-order valence-corrected chi connectivity index (χ4v) is 2.93. The summed E-state index contributed by atoms with van der Waals surface area (Å²) in [5, 5.41) is 1.68. The van der Waals surface area contributed by atoms with Gasteiger partial charge in [0.1, 0.15) is 6.33 Å². The van der Waals surface area contributed by atoms with Crippen molar-refractivity contribution in [3.8, 4) is 11.1 Å². The molecule has 0 unspecified atom stereocenters. The van der Waals surface area contributed by atoms with E-state index in [1.807, 2.05) is 42.5 Å². The first-order valence-electron chi connectivity index (χ1n) is 7.88. The van der Waals surface area contributed by atoms with Crippen LogP contribution >= 0.6 is 11.6 Å². The highest BCUT2D eigenvalue weighted by atomic mass is 35.5. The Bertz CT molecular complexity index is 1040. The van der Waals surface area contributed by atoms with Crippen LogP contribution in [-0.2, 0) is 0 Å². The van der Waals surface area contributed by atoms with Gasteiger partial charge < -0.3 is 0 Å². The summed E-state index contributed by atoms with van der Waals surface area (Å²) < 4.78 is 0. The zero-order valence-electron chi connectivity index (χ0n) is 13.3. The standard InChI is InChI=1S/C21H14ClN3/c22-20-11-18(25-21-4-2-1-3-19(20)21)10-7-15-5-8-16(9-6-15)17-12-23-14-24-13-17/h1-14H/b10-7+. The zero-order valence-corrected chi connectivity index (χ0v) is 14.1. The van der Waals surface area contributed by atoms with Gasteiger partial charge in [-0.25, -0.2) is 15.0 Å². The van der Waals surface area contributed by atoms with E-state index < -0.39 is 0 Å². The lowest BCUT2D eigenvalue weighted by Gasteiger charge is -2.02. The number of halogens is 1. The number of rotatable bonds is 3. The average Bonchev–Trinajstić information content (AvgIpc) is 2.68. The minimum Gasteiger partial charge on any atom is -0.248 e.